The van der Waals surface area contributed by atoms with Crippen molar-refractivity contribution >= 4 is 22.7 Å². The quantitative estimate of drug-likeness (QED) is 0.693. The third kappa shape index (κ3) is 2.03. The molecule has 0 saturated carbocycles. The monoisotopic (exact) mass is 273 g/mol. The van der Waals surface area contributed by atoms with Crippen LogP contribution in [0.25, 0.3) is 0 Å². The highest BCUT2D eigenvalue weighted by Gasteiger charge is 2.27. The number of aromatic nitrogens is 1. The van der Waals surface area contributed by atoms with Crippen LogP contribution in [-0.2, 0) is 0 Å². The maximum Gasteiger partial charge on any atom is 0.100 e. The van der Waals surface area contributed by atoms with Crippen LogP contribution in [-0.4, -0.2) is 11.7 Å². The van der Waals surface area contributed by atoms with Gasteiger partial charge in [-0.2, -0.15) is 0 Å². The summed E-state index contributed by atoms with van der Waals surface area (Å²) in [5.41, 5.74) is 4.72. The van der Waals surface area contributed by atoms with Crippen LogP contribution in [0.2, 0.25) is 0 Å². The third-order valence-corrected chi connectivity index (χ3v) is 3.78. The van der Waals surface area contributed by atoms with E-state index in [0.29, 0.717) is 0 Å². The van der Waals surface area contributed by atoms with Crippen molar-refractivity contribution in [2.45, 2.75) is 0 Å². The molecule has 1 aromatic heterocycles. The van der Waals surface area contributed by atoms with Crippen LogP contribution >= 0.6 is 0 Å². The van der Waals surface area contributed by atoms with Gasteiger partial charge in [-0.25, -0.2) is 0 Å². The topological polar surface area (TPSA) is 19.4 Å². The van der Waals surface area contributed by atoms with Gasteiger partial charge in [-0.1, -0.05) is 36.4 Å². The Hall–Kier alpha value is -2.81. The maximum atomic E-state index is 4.29. The summed E-state index contributed by atoms with van der Waals surface area (Å²) in [5, 5.41) is 0. The molecular formula is C18H15N3. The lowest BCUT2D eigenvalue weighted by molar-refractivity contribution is 0.990. The fraction of sp³-hybridized carbons (Fsp3) is 0.0556. The maximum absolute atomic E-state index is 4.29. The van der Waals surface area contributed by atoms with E-state index >= 15 is 0 Å². The second-order valence-electron chi connectivity index (χ2n) is 5.03. The van der Waals surface area contributed by atoms with Gasteiger partial charge in [-0.3, -0.25) is 4.98 Å². The molecule has 1 aliphatic rings. The molecule has 0 N–H and O–H groups in total. The van der Waals surface area contributed by atoms with Crippen LogP contribution in [0, 0.1) is 0 Å². The number of para-hydroxylation sites is 2. The summed E-state index contributed by atoms with van der Waals surface area (Å²) in [5.74, 6) is 0. The standard InChI is InChI=1S/C18H15N3/c1-3-7-15(8-4-1)20-14-21(16-9-5-2-6-10-16)18-13-19-12-11-17(18)20/h1-13H,14H2. The zero-order valence-corrected chi connectivity index (χ0v) is 11.6. The fourth-order valence-electron chi connectivity index (χ4n) is 2.77. The van der Waals surface area contributed by atoms with Crippen molar-refractivity contribution in [2.75, 3.05) is 16.5 Å². The minimum atomic E-state index is 0.801. The first-order chi connectivity index (χ1) is 10.4. The van der Waals surface area contributed by atoms with Gasteiger partial charge in [0.25, 0.3) is 0 Å². The molecule has 0 saturated heterocycles. The van der Waals surface area contributed by atoms with E-state index in [-0.39, 0.29) is 0 Å². The zero-order chi connectivity index (χ0) is 14.1. The molecule has 3 nitrogen and oxygen atoms in total. The minimum Gasteiger partial charge on any atom is -0.321 e. The second-order valence-corrected chi connectivity index (χ2v) is 5.03. The SMILES string of the molecule is c1ccc(N2CN(c3ccccc3)c3cnccc32)cc1. The number of hydrogen-bond donors (Lipinski definition) is 0. The van der Waals surface area contributed by atoms with Gasteiger partial charge in [0.1, 0.15) is 6.67 Å². The predicted molar refractivity (Wildman–Crippen MR) is 86.3 cm³/mol. The van der Waals surface area contributed by atoms with Gasteiger partial charge < -0.3 is 9.80 Å². The van der Waals surface area contributed by atoms with E-state index < -0.39 is 0 Å². The molecule has 0 bridgehead atoms. The van der Waals surface area contributed by atoms with E-state index in [4.69, 9.17) is 0 Å². The zero-order valence-electron chi connectivity index (χ0n) is 11.6. The van der Waals surface area contributed by atoms with Crippen molar-refractivity contribution < 1.29 is 0 Å². The van der Waals surface area contributed by atoms with Gasteiger partial charge in [-0.15, -0.1) is 0 Å². The summed E-state index contributed by atoms with van der Waals surface area (Å²) in [6.45, 7) is 0.801. The second kappa shape index (κ2) is 4.94. The Morgan fingerprint density at radius 3 is 1.86 bits per heavy atom. The molecule has 1 aliphatic heterocycles. The molecule has 4 rings (SSSR count). The van der Waals surface area contributed by atoms with Gasteiger partial charge in [-0.05, 0) is 30.3 Å². The first kappa shape index (κ1) is 12.0. The number of pyridine rings is 1. The summed E-state index contributed by atoms with van der Waals surface area (Å²) in [6, 6.07) is 23.0. The molecule has 0 radical (unpaired) electrons. The smallest absolute Gasteiger partial charge is 0.100 e. The molecule has 3 heteroatoms. The van der Waals surface area contributed by atoms with Crippen LogP contribution < -0.4 is 9.80 Å². The first-order valence-electron chi connectivity index (χ1n) is 7.03. The van der Waals surface area contributed by atoms with Crippen LogP contribution in [0.1, 0.15) is 0 Å². The van der Waals surface area contributed by atoms with E-state index in [1.807, 2.05) is 24.5 Å². The fourth-order valence-corrected chi connectivity index (χ4v) is 2.77. The normalized spacial score (nSPS) is 13.3. The van der Waals surface area contributed by atoms with E-state index in [2.05, 4.69) is 69.4 Å². The van der Waals surface area contributed by atoms with Gasteiger partial charge >= 0.3 is 0 Å². The molecule has 0 fully saturated rings. The molecule has 2 aromatic carbocycles. The van der Waals surface area contributed by atoms with E-state index in [0.717, 1.165) is 12.4 Å². The van der Waals surface area contributed by atoms with Gasteiger partial charge in [0.2, 0.25) is 0 Å². The van der Waals surface area contributed by atoms with Crippen LogP contribution in [0.15, 0.2) is 79.1 Å². The summed E-state index contributed by atoms with van der Waals surface area (Å²) >= 11 is 0. The lowest BCUT2D eigenvalue weighted by Crippen LogP contribution is -2.23. The van der Waals surface area contributed by atoms with Crippen molar-refractivity contribution in [3.63, 3.8) is 0 Å². The Morgan fingerprint density at radius 1 is 0.667 bits per heavy atom. The van der Waals surface area contributed by atoms with Crippen LogP contribution in [0.4, 0.5) is 22.7 Å². The number of anilines is 4. The first-order valence-corrected chi connectivity index (χ1v) is 7.03. The Kier molecular flexibility index (Phi) is 2.82. The minimum absolute atomic E-state index is 0.801. The number of hydrogen-bond acceptors (Lipinski definition) is 3. The van der Waals surface area contributed by atoms with Crippen molar-refractivity contribution in [3.05, 3.63) is 79.1 Å². The van der Waals surface area contributed by atoms with Crippen molar-refractivity contribution in [3.8, 4) is 0 Å². The molecule has 0 spiro atoms. The lowest BCUT2D eigenvalue weighted by Gasteiger charge is -2.21. The van der Waals surface area contributed by atoms with Crippen LogP contribution in [0.5, 0.6) is 0 Å². The number of rotatable bonds is 2. The van der Waals surface area contributed by atoms with Crippen molar-refractivity contribution in [1.29, 1.82) is 0 Å². The Morgan fingerprint density at radius 2 is 1.24 bits per heavy atom. The summed E-state index contributed by atoms with van der Waals surface area (Å²) in [7, 11) is 0. The highest BCUT2D eigenvalue weighted by Crippen LogP contribution is 2.43. The molecule has 0 amide bonds. The summed E-state index contributed by atoms with van der Waals surface area (Å²) < 4.78 is 0. The number of fused-ring (bicyclic) bond motifs is 1. The third-order valence-electron chi connectivity index (χ3n) is 3.78. The van der Waals surface area contributed by atoms with Gasteiger partial charge in [0.05, 0.1) is 17.6 Å². The molecule has 102 valence electrons. The molecule has 2 heterocycles. The molecule has 0 aliphatic carbocycles. The van der Waals surface area contributed by atoms with Gasteiger partial charge in [0, 0.05) is 17.6 Å². The highest BCUT2D eigenvalue weighted by atomic mass is 15.4. The Bertz CT molecular complexity index is 676. The Balaban J connectivity index is 1.81. The predicted octanol–water partition coefficient (Wildman–Crippen LogP) is 4.33. The summed E-state index contributed by atoms with van der Waals surface area (Å²) in [6.07, 6.45) is 3.79. The average Bonchev–Trinajstić information content (AvgIpc) is 2.96. The highest BCUT2D eigenvalue weighted by molar-refractivity contribution is 5.86. The van der Waals surface area contributed by atoms with Crippen molar-refractivity contribution in [1.82, 2.24) is 4.98 Å². The number of nitrogens with zero attached hydrogens (tertiary/aromatic N) is 3. The van der Waals surface area contributed by atoms with Crippen LogP contribution in [0.3, 0.4) is 0 Å². The molecular weight excluding hydrogens is 258 g/mol. The van der Waals surface area contributed by atoms with Crippen molar-refractivity contribution in [2.24, 2.45) is 0 Å². The molecule has 3 aromatic rings. The summed E-state index contributed by atoms with van der Waals surface area (Å²) in [4.78, 5) is 8.89. The van der Waals surface area contributed by atoms with E-state index in [9.17, 15) is 0 Å². The van der Waals surface area contributed by atoms with E-state index in [1.165, 1.54) is 17.1 Å². The molecule has 21 heavy (non-hydrogen) atoms. The van der Waals surface area contributed by atoms with E-state index in [1.54, 1.807) is 0 Å². The number of benzene rings is 2. The molecule has 0 unspecified atom stereocenters. The Labute approximate surface area is 124 Å². The van der Waals surface area contributed by atoms with Gasteiger partial charge in [0.15, 0.2) is 0 Å². The average molecular weight is 273 g/mol. The lowest BCUT2D eigenvalue weighted by atomic mass is 10.2. The molecule has 0 atom stereocenters. The largest absolute Gasteiger partial charge is 0.321 e.